The van der Waals surface area contributed by atoms with Gasteiger partial charge in [0.15, 0.2) is 5.96 Å². The van der Waals surface area contributed by atoms with Crippen LogP contribution in [0.3, 0.4) is 0 Å². The summed E-state index contributed by atoms with van der Waals surface area (Å²) in [5.41, 5.74) is 0.848. The van der Waals surface area contributed by atoms with Crippen molar-refractivity contribution in [1.82, 2.24) is 20.0 Å². The largest absolute Gasteiger partial charge is 0.368 e. The molecule has 0 aliphatic carbocycles. The molecule has 1 aromatic rings. The first-order chi connectivity index (χ1) is 15.3. The quantitative estimate of drug-likeness (QED) is 0.292. The molecule has 2 aliphatic heterocycles. The third-order valence-corrected chi connectivity index (χ3v) is 5.55. The van der Waals surface area contributed by atoms with E-state index >= 15 is 0 Å². The Hall–Kier alpha value is -3.21. The van der Waals surface area contributed by atoms with Crippen LogP contribution >= 0.6 is 0 Å². The number of rotatable bonds is 6. The SMILES string of the molecule is CN(C)C(=O)CNC(=NCc1ccc([N+](=O)[O-])cc1)N1CCN(C(=O)C2CCCO2)CC1. The van der Waals surface area contributed by atoms with Crippen molar-refractivity contribution in [2.24, 2.45) is 4.99 Å². The smallest absolute Gasteiger partial charge is 0.269 e. The molecule has 1 aromatic carbocycles. The number of nitro benzene ring substituents is 1. The summed E-state index contributed by atoms with van der Waals surface area (Å²) >= 11 is 0. The van der Waals surface area contributed by atoms with Gasteiger partial charge in [-0.25, -0.2) is 4.99 Å². The van der Waals surface area contributed by atoms with Gasteiger partial charge >= 0.3 is 0 Å². The molecule has 174 valence electrons. The van der Waals surface area contributed by atoms with Crippen LogP contribution in [0.5, 0.6) is 0 Å². The fourth-order valence-electron chi connectivity index (χ4n) is 3.58. The molecule has 0 spiro atoms. The first-order valence-corrected chi connectivity index (χ1v) is 10.7. The molecule has 1 atom stereocenters. The highest BCUT2D eigenvalue weighted by Crippen LogP contribution is 2.16. The molecule has 0 aromatic heterocycles. The second-order valence-electron chi connectivity index (χ2n) is 8.02. The average molecular weight is 447 g/mol. The highest BCUT2D eigenvalue weighted by Gasteiger charge is 2.31. The predicted molar refractivity (Wildman–Crippen MR) is 118 cm³/mol. The van der Waals surface area contributed by atoms with Crippen molar-refractivity contribution >= 4 is 23.5 Å². The average Bonchev–Trinajstić information content (AvgIpc) is 3.34. The molecule has 2 amide bonds. The molecular formula is C21H30N6O5. The first-order valence-electron chi connectivity index (χ1n) is 10.7. The van der Waals surface area contributed by atoms with E-state index in [4.69, 9.17) is 4.74 Å². The maximum atomic E-state index is 12.6. The lowest BCUT2D eigenvalue weighted by atomic mass is 10.2. The molecule has 11 heteroatoms. The van der Waals surface area contributed by atoms with Gasteiger partial charge < -0.3 is 24.8 Å². The fraction of sp³-hybridized carbons (Fsp3) is 0.571. The van der Waals surface area contributed by atoms with E-state index in [0.717, 1.165) is 18.4 Å². The molecule has 2 saturated heterocycles. The molecule has 32 heavy (non-hydrogen) atoms. The highest BCUT2D eigenvalue weighted by atomic mass is 16.6. The van der Waals surface area contributed by atoms with E-state index in [0.29, 0.717) is 45.3 Å². The van der Waals surface area contributed by atoms with Crippen LogP contribution in [-0.4, -0.2) is 96.9 Å². The maximum Gasteiger partial charge on any atom is 0.269 e. The summed E-state index contributed by atoms with van der Waals surface area (Å²) in [6.45, 7) is 3.32. The summed E-state index contributed by atoms with van der Waals surface area (Å²) in [5, 5.41) is 14.0. The number of nitro groups is 1. The van der Waals surface area contributed by atoms with Crippen LogP contribution in [-0.2, 0) is 20.9 Å². The molecule has 2 aliphatic rings. The van der Waals surface area contributed by atoms with Crippen molar-refractivity contribution in [1.29, 1.82) is 0 Å². The minimum absolute atomic E-state index is 0.0275. The minimum Gasteiger partial charge on any atom is -0.368 e. The summed E-state index contributed by atoms with van der Waals surface area (Å²) in [4.78, 5) is 45.0. The summed E-state index contributed by atoms with van der Waals surface area (Å²) in [7, 11) is 3.38. The summed E-state index contributed by atoms with van der Waals surface area (Å²) in [5.74, 6) is 0.533. The van der Waals surface area contributed by atoms with Crippen molar-refractivity contribution in [3.63, 3.8) is 0 Å². The number of nitrogens with zero attached hydrogens (tertiary/aromatic N) is 5. The van der Waals surface area contributed by atoms with E-state index in [2.05, 4.69) is 10.3 Å². The number of hydrogen-bond donors (Lipinski definition) is 1. The molecule has 2 heterocycles. The van der Waals surface area contributed by atoms with Crippen LogP contribution in [0.25, 0.3) is 0 Å². The number of non-ortho nitro benzene ring substituents is 1. The van der Waals surface area contributed by atoms with Gasteiger partial charge in [0.05, 0.1) is 18.0 Å². The number of carbonyl (C=O) groups excluding carboxylic acids is 2. The molecule has 1 unspecified atom stereocenters. The number of amides is 2. The topological polar surface area (TPSA) is 121 Å². The molecule has 3 rings (SSSR count). The Morgan fingerprint density at radius 2 is 1.84 bits per heavy atom. The van der Waals surface area contributed by atoms with Gasteiger partial charge in [-0.05, 0) is 18.4 Å². The maximum absolute atomic E-state index is 12.6. The fourth-order valence-corrected chi connectivity index (χ4v) is 3.58. The van der Waals surface area contributed by atoms with Crippen LogP contribution in [0.1, 0.15) is 18.4 Å². The van der Waals surface area contributed by atoms with Gasteiger partial charge in [-0.15, -0.1) is 0 Å². The number of hydrogen-bond acceptors (Lipinski definition) is 6. The normalized spacial score (nSPS) is 19.1. The van der Waals surface area contributed by atoms with Crippen LogP contribution < -0.4 is 5.32 Å². The number of carbonyl (C=O) groups is 2. The van der Waals surface area contributed by atoms with Crippen molar-refractivity contribution < 1.29 is 19.2 Å². The van der Waals surface area contributed by atoms with Gasteiger partial charge in [0.2, 0.25) is 5.91 Å². The molecule has 0 bridgehead atoms. The van der Waals surface area contributed by atoms with Crippen molar-refractivity contribution in [3.8, 4) is 0 Å². The van der Waals surface area contributed by atoms with Gasteiger partial charge in [-0.2, -0.15) is 0 Å². The Kier molecular flexibility index (Phi) is 7.98. The summed E-state index contributed by atoms with van der Waals surface area (Å²) < 4.78 is 5.52. The monoisotopic (exact) mass is 446 g/mol. The van der Waals surface area contributed by atoms with Crippen LogP contribution in [0, 0.1) is 10.1 Å². The lowest BCUT2D eigenvalue weighted by Crippen LogP contribution is -2.56. The highest BCUT2D eigenvalue weighted by molar-refractivity contribution is 5.87. The van der Waals surface area contributed by atoms with Gasteiger partial charge in [0, 0.05) is 59.0 Å². The zero-order valence-electron chi connectivity index (χ0n) is 18.5. The predicted octanol–water partition coefficient (Wildman–Crippen LogP) is 0.452. The van der Waals surface area contributed by atoms with E-state index < -0.39 is 4.92 Å². The zero-order valence-corrected chi connectivity index (χ0v) is 18.5. The van der Waals surface area contributed by atoms with E-state index in [1.165, 1.54) is 17.0 Å². The molecule has 11 nitrogen and oxygen atoms in total. The second kappa shape index (κ2) is 10.9. The van der Waals surface area contributed by atoms with Gasteiger partial charge in [0.25, 0.3) is 11.6 Å². The Morgan fingerprint density at radius 1 is 1.19 bits per heavy atom. The second-order valence-corrected chi connectivity index (χ2v) is 8.02. The number of guanidine groups is 1. The van der Waals surface area contributed by atoms with E-state index in [1.54, 1.807) is 26.2 Å². The van der Waals surface area contributed by atoms with Gasteiger partial charge in [-0.3, -0.25) is 19.7 Å². The lowest BCUT2D eigenvalue weighted by Gasteiger charge is -2.37. The van der Waals surface area contributed by atoms with Crippen molar-refractivity contribution in [2.45, 2.75) is 25.5 Å². The Morgan fingerprint density at radius 3 is 2.41 bits per heavy atom. The molecule has 0 saturated carbocycles. The Bertz CT molecular complexity index is 843. The number of piperazine rings is 1. The van der Waals surface area contributed by atoms with Gasteiger partial charge in [-0.1, -0.05) is 12.1 Å². The molecule has 1 N–H and O–H groups in total. The van der Waals surface area contributed by atoms with Crippen molar-refractivity contribution in [2.75, 3.05) is 53.4 Å². The number of benzene rings is 1. The standard InChI is InChI=1S/C21H30N6O5/c1-24(2)19(28)15-23-21(22-14-16-5-7-17(8-6-16)27(30)31)26-11-9-25(10-12-26)20(29)18-4-3-13-32-18/h5-8,18H,3-4,9-15H2,1-2H3,(H,22,23). The first kappa shape index (κ1) is 23.5. The van der Waals surface area contributed by atoms with E-state index in [-0.39, 0.29) is 30.2 Å². The number of aliphatic imine (C=N–C) groups is 1. The van der Waals surface area contributed by atoms with E-state index in [9.17, 15) is 19.7 Å². The zero-order chi connectivity index (χ0) is 23.1. The molecule has 2 fully saturated rings. The number of ether oxygens (including phenoxy) is 1. The third-order valence-electron chi connectivity index (χ3n) is 5.55. The number of nitrogens with one attached hydrogen (secondary N) is 1. The van der Waals surface area contributed by atoms with E-state index in [1.807, 2.05) is 9.80 Å². The Labute approximate surface area is 187 Å². The van der Waals surface area contributed by atoms with Gasteiger partial charge in [0.1, 0.15) is 6.10 Å². The molecule has 0 radical (unpaired) electrons. The minimum atomic E-state index is -0.440. The lowest BCUT2D eigenvalue weighted by molar-refractivity contribution is -0.384. The van der Waals surface area contributed by atoms with Crippen LogP contribution in [0.15, 0.2) is 29.3 Å². The third kappa shape index (κ3) is 6.16. The summed E-state index contributed by atoms with van der Waals surface area (Å²) in [6, 6.07) is 6.23. The van der Waals surface area contributed by atoms with Crippen LogP contribution in [0.2, 0.25) is 0 Å². The van der Waals surface area contributed by atoms with Crippen LogP contribution in [0.4, 0.5) is 5.69 Å². The molecular weight excluding hydrogens is 416 g/mol. The Balaban J connectivity index is 1.64. The number of likely N-dealkylation sites (N-methyl/N-ethyl adjacent to an activating group) is 1. The summed E-state index contributed by atoms with van der Waals surface area (Å²) in [6.07, 6.45) is 1.36. The van der Waals surface area contributed by atoms with Crippen molar-refractivity contribution in [3.05, 3.63) is 39.9 Å².